The molecule has 1 aliphatic heterocycles. The molecule has 9 nitrogen and oxygen atoms in total. The van der Waals surface area contributed by atoms with Gasteiger partial charge in [0.25, 0.3) is 5.69 Å². The molecule has 0 N–H and O–H groups in total. The summed E-state index contributed by atoms with van der Waals surface area (Å²) in [4.78, 5) is 25.9. The molecule has 10 heteroatoms. The first-order valence-corrected chi connectivity index (χ1v) is 11.0. The van der Waals surface area contributed by atoms with Crippen LogP contribution in [0.3, 0.4) is 0 Å². The minimum Gasteiger partial charge on any atom is -0.497 e. The maximum Gasteiger partial charge on any atom is 0.293 e. The molecule has 0 unspecified atom stereocenters. The van der Waals surface area contributed by atoms with Crippen LogP contribution >= 0.6 is 0 Å². The highest BCUT2D eigenvalue weighted by molar-refractivity contribution is 7.90. The summed E-state index contributed by atoms with van der Waals surface area (Å²) < 4.78 is 30.8. The van der Waals surface area contributed by atoms with E-state index < -0.39 is 14.8 Å². The predicted octanol–water partition coefficient (Wildman–Crippen LogP) is 2.25. The highest BCUT2D eigenvalue weighted by Gasteiger charge is 2.27. The van der Waals surface area contributed by atoms with Crippen LogP contribution in [0.15, 0.2) is 47.4 Å². The Labute approximate surface area is 174 Å². The molecule has 2 aromatic carbocycles. The number of hydrogen-bond donors (Lipinski definition) is 0. The van der Waals surface area contributed by atoms with Crippen LogP contribution in [0.2, 0.25) is 0 Å². The number of amides is 1. The van der Waals surface area contributed by atoms with Crippen molar-refractivity contribution in [2.75, 3.05) is 38.2 Å². The summed E-state index contributed by atoms with van der Waals surface area (Å²) in [6.45, 7) is 3.29. The van der Waals surface area contributed by atoms with Crippen LogP contribution in [-0.2, 0) is 20.4 Å². The van der Waals surface area contributed by atoms with E-state index in [0.29, 0.717) is 43.2 Å². The number of nitro groups is 1. The van der Waals surface area contributed by atoms with Crippen LogP contribution < -0.4 is 9.64 Å². The normalized spacial score (nSPS) is 14.5. The fraction of sp³-hybridized carbons (Fsp3) is 0.350. The van der Waals surface area contributed by atoms with Crippen molar-refractivity contribution in [3.63, 3.8) is 0 Å². The van der Waals surface area contributed by atoms with Gasteiger partial charge in [0.05, 0.1) is 22.7 Å². The van der Waals surface area contributed by atoms with Crippen molar-refractivity contribution in [3.8, 4) is 5.75 Å². The second kappa shape index (κ2) is 8.70. The van der Waals surface area contributed by atoms with Crippen molar-refractivity contribution in [2.24, 2.45) is 0 Å². The summed E-state index contributed by atoms with van der Waals surface area (Å²) in [5.74, 6) is 0.203. The van der Waals surface area contributed by atoms with E-state index in [4.69, 9.17) is 4.74 Å². The lowest BCUT2D eigenvalue weighted by molar-refractivity contribution is -0.384. The van der Waals surface area contributed by atoms with Gasteiger partial charge in [-0.25, -0.2) is 8.42 Å². The van der Waals surface area contributed by atoms with Gasteiger partial charge in [0.2, 0.25) is 5.91 Å². The summed E-state index contributed by atoms with van der Waals surface area (Å²) in [7, 11) is -2.30. The summed E-state index contributed by atoms with van der Waals surface area (Å²) in [5, 5.41) is 11.7. The van der Waals surface area contributed by atoms with Gasteiger partial charge in [-0.1, -0.05) is 12.1 Å². The maximum absolute atomic E-state index is 12.9. The highest BCUT2D eigenvalue weighted by atomic mass is 32.2. The first-order valence-electron chi connectivity index (χ1n) is 9.36. The zero-order chi connectivity index (χ0) is 21.9. The third-order valence-corrected chi connectivity index (χ3v) is 6.74. The van der Waals surface area contributed by atoms with Crippen molar-refractivity contribution in [3.05, 3.63) is 58.1 Å². The second-order valence-electron chi connectivity index (χ2n) is 7.01. The lowest BCUT2D eigenvalue weighted by atomic mass is 10.2. The number of carbonyl (C=O) groups excluding carboxylic acids is 1. The first-order chi connectivity index (χ1) is 14.2. The standard InChI is InChI=1S/C20H23N3O6S/c1-15(24)21-8-10-22(11-9-21)19-7-6-18(13-20(19)23(25)26)30(27,28)14-16-4-3-5-17(12-16)29-2/h3-7,12-13H,8-11,14H2,1-2H3. The van der Waals surface area contributed by atoms with Crippen LogP contribution in [0, 0.1) is 10.1 Å². The number of ether oxygens (including phenoxy) is 1. The van der Waals surface area contributed by atoms with Crippen molar-refractivity contribution in [1.29, 1.82) is 0 Å². The fourth-order valence-electron chi connectivity index (χ4n) is 3.44. The second-order valence-corrected chi connectivity index (χ2v) is 9.00. The number of sulfone groups is 1. The van der Waals surface area contributed by atoms with E-state index in [-0.39, 0.29) is 22.2 Å². The van der Waals surface area contributed by atoms with Crippen LogP contribution in [-0.4, -0.2) is 57.4 Å². The molecular formula is C20H23N3O6S. The summed E-state index contributed by atoms with van der Waals surface area (Å²) >= 11 is 0. The molecule has 1 heterocycles. The average Bonchev–Trinajstić information content (AvgIpc) is 2.73. The Kier molecular flexibility index (Phi) is 6.25. The van der Waals surface area contributed by atoms with E-state index >= 15 is 0 Å². The van der Waals surface area contributed by atoms with Crippen molar-refractivity contribution in [2.45, 2.75) is 17.6 Å². The Balaban J connectivity index is 1.87. The van der Waals surface area contributed by atoms with E-state index in [2.05, 4.69) is 0 Å². The topological polar surface area (TPSA) is 110 Å². The number of nitro benzene ring substituents is 1. The molecule has 0 atom stereocenters. The van der Waals surface area contributed by atoms with E-state index in [1.165, 1.54) is 26.2 Å². The molecule has 0 spiro atoms. The number of anilines is 1. The van der Waals surface area contributed by atoms with Crippen molar-refractivity contribution in [1.82, 2.24) is 4.90 Å². The zero-order valence-corrected chi connectivity index (χ0v) is 17.6. The van der Waals surface area contributed by atoms with E-state index in [1.807, 2.05) is 0 Å². The van der Waals surface area contributed by atoms with Crippen LogP contribution in [0.25, 0.3) is 0 Å². The average molecular weight is 433 g/mol. The number of rotatable bonds is 6. The number of nitrogens with zero attached hydrogens (tertiary/aromatic N) is 3. The summed E-state index contributed by atoms with van der Waals surface area (Å²) in [5.41, 5.74) is 0.614. The Morgan fingerprint density at radius 2 is 1.83 bits per heavy atom. The maximum atomic E-state index is 12.9. The van der Waals surface area contributed by atoms with Gasteiger partial charge in [-0.15, -0.1) is 0 Å². The van der Waals surface area contributed by atoms with Crippen LogP contribution in [0.5, 0.6) is 5.75 Å². The van der Waals surface area contributed by atoms with Gasteiger partial charge in [0.1, 0.15) is 11.4 Å². The van der Waals surface area contributed by atoms with Gasteiger partial charge >= 0.3 is 0 Å². The molecular weight excluding hydrogens is 410 g/mol. The van der Waals surface area contributed by atoms with Crippen LogP contribution in [0.4, 0.5) is 11.4 Å². The van der Waals surface area contributed by atoms with Gasteiger partial charge < -0.3 is 14.5 Å². The molecule has 0 aromatic heterocycles. The molecule has 1 saturated heterocycles. The van der Waals surface area contributed by atoms with Gasteiger partial charge in [-0.2, -0.15) is 0 Å². The van der Waals surface area contributed by atoms with Gasteiger partial charge in [0, 0.05) is 39.2 Å². The highest BCUT2D eigenvalue weighted by Crippen LogP contribution is 2.32. The quantitative estimate of drug-likeness (QED) is 0.507. The number of benzene rings is 2. The third kappa shape index (κ3) is 4.70. The Morgan fingerprint density at radius 1 is 1.13 bits per heavy atom. The first kappa shape index (κ1) is 21.6. The Morgan fingerprint density at radius 3 is 2.43 bits per heavy atom. The largest absolute Gasteiger partial charge is 0.497 e. The SMILES string of the molecule is COc1cccc(CS(=O)(=O)c2ccc(N3CCN(C(C)=O)CC3)c([N+](=O)[O-])c2)c1. The predicted molar refractivity (Wildman–Crippen MR) is 111 cm³/mol. The molecule has 0 bridgehead atoms. The number of hydrogen-bond acceptors (Lipinski definition) is 7. The third-order valence-electron chi connectivity index (χ3n) is 5.06. The lowest BCUT2D eigenvalue weighted by Gasteiger charge is -2.35. The van der Waals surface area contributed by atoms with Crippen molar-refractivity contribution < 1.29 is 22.9 Å². The molecule has 1 fully saturated rings. The summed E-state index contributed by atoms with van der Waals surface area (Å²) in [6.07, 6.45) is 0. The molecule has 0 aliphatic carbocycles. The Bertz CT molecular complexity index is 1060. The molecule has 0 saturated carbocycles. The molecule has 160 valence electrons. The molecule has 1 aliphatic rings. The van der Waals surface area contributed by atoms with Crippen LogP contribution in [0.1, 0.15) is 12.5 Å². The van der Waals surface area contributed by atoms with E-state index in [0.717, 1.165) is 6.07 Å². The fourth-order valence-corrected chi connectivity index (χ4v) is 4.79. The summed E-state index contributed by atoms with van der Waals surface area (Å²) in [6, 6.07) is 10.7. The number of methoxy groups -OCH3 is 1. The molecule has 3 rings (SSSR count). The van der Waals surface area contributed by atoms with Gasteiger partial charge in [-0.05, 0) is 29.8 Å². The molecule has 0 radical (unpaired) electrons. The zero-order valence-electron chi connectivity index (χ0n) is 16.8. The molecule has 30 heavy (non-hydrogen) atoms. The molecule has 2 aromatic rings. The number of carbonyl (C=O) groups is 1. The lowest BCUT2D eigenvalue weighted by Crippen LogP contribution is -2.48. The minimum atomic E-state index is -3.79. The van der Waals surface area contributed by atoms with E-state index in [9.17, 15) is 23.3 Å². The minimum absolute atomic E-state index is 0.0388. The monoisotopic (exact) mass is 433 g/mol. The Hall–Kier alpha value is -3.14. The molecule has 1 amide bonds. The van der Waals surface area contributed by atoms with Crippen molar-refractivity contribution >= 4 is 27.1 Å². The van der Waals surface area contributed by atoms with Gasteiger partial charge in [-0.3, -0.25) is 14.9 Å². The van der Waals surface area contributed by atoms with E-state index in [1.54, 1.807) is 34.1 Å². The van der Waals surface area contributed by atoms with Gasteiger partial charge in [0.15, 0.2) is 9.84 Å². The number of piperazine rings is 1. The smallest absolute Gasteiger partial charge is 0.293 e.